The van der Waals surface area contributed by atoms with Crippen LogP contribution < -0.4 is 5.32 Å². The molecule has 1 aromatic rings. The van der Waals surface area contributed by atoms with Gasteiger partial charge in [0.2, 0.25) is 5.91 Å². The molecule has 1 fully saturated rings. The Morgan fingerprint density at radius 2 is 1.90 bits per heavy atom. The summed E-state index contributed by atoms with van der Waals surface area (Å²) in [4.78, 5) is 14.3. The van der Waals surface area contributed by atoms with Crippen molar-refractivity contribution in [3.8, 4) is 0 Å². The van der Waals surface area contributed by atoms with Crippen molar-refractivity contribution in [3.63, 3.8) is 0 Å². The van der Waals surface area contributed by atoms with Gasteiger partial charge in [0, 0.05) is 18.5 Å². The topological polar surface area (TPSA) is 32.3 Å². The Hall–Kier alpha value is -1.42. The standard InChI is InChI=1S/C16H23FN2O/c1-12(2)18-16(20)14-7-9-19(10-8-14)11-13-3-5-15(17)6-4-13/h3-6,12,14H,7-11H2,1-2H3,(H,18,20). The Labute approximate surface area is 120 Å². The van der Waals surface area contributed by atoms with Gasteiger partial charge in [0.1, 0.15) is 5.82 Å². The Balaban J connectivity index is 1.79. The van der Waals surface area contributed by atoms with E-state index in [1.165, 1.54) is 12.1 Å². The highest BCUT2D eigenvalue weighted by molar-refractivity contribution is 5.78. The van der Waals surface area contributed by atoms with E-state index in [1.807, 2.05) is 26.0 Å². The van der Waals surface area contributed by atoms with Crippen LogP contribution in [0.3, 0.4) is 0 Å². The molecule has 0 radical (unpaired) electrons. The van der Waals surface area contributed by atoms with Crippen molar-refractivity contribution in [1.29, 1.82) is 0 Å². The zero-order valence-electron chi connectivity index (χ0n) is 12.2. The second-order valence-electron chi connectivity index (χ2n) is 5.84. The van der Waals surface area contributed by atoms with Gasteiger partial charge in [0.05, 0.1) is 0 Å². The monoisotopic (exact) mass is 278 g/mol. The first-order chi connectivity index (χ1) is 9.54. The second-order valence-corrected chi connectivity index (χ2v) is 5.84. The van der Waals surface area contributed by atoms with Crippen molar-refractivity contribution in [2.45, 2.75) is 39.3 Å². The van der Waals surface area contributed by atoms with E-state index >= 15 is 0 Å². The number of hydrogen-bond donors (Lipinski definition) is 1. The van der Waals surface area contributed by atoms with Gasteiger partial charge in [0.15, 0.2) is 0 Å². The molecule has 2 rings (SSSR count). The minimum Gasteiger partial charge on any atom is -0.354 e. The summed E-state index contributed by atoms with van der Waals surface area (Å²) < 4.78 is 12.9. The fourth-order valence-electron chi connectivity index (χ4n) is 2.60. The first kappa shape index (κ1) is 15.0. The van der Waals surface area contributed by atoms with Crippen LogP contribution in [0.25, 0.3) is 0 Å². The number of hydrogen-bond acceptors (Lipinski definition) is 2. The predicted molar refractivity (Wildman–Crippen MR) is 77.7 cm³/mol. The van der Waals surface area contributed by atoms with E-state index in [0.29, 0.717) is 0 Å². The summed E-state index contributed by atoms with van der Waals surface area (Å²) in [5.41, 5.74) is 1.12. The number of likely N-dealkylation sites (tertiary alicyclic amines) is 1. The van der Waals surface area contributed by atoms with E-state index in [9.17, 15) is 9.18 Å². The van der Waals surface area contributed by atoms with Crippen molar-refractivity contribution >= 4 is 5.91 Å². The molecule has 0 saturated carbocycles. The lowest BCUT2D eigenvalue weighted by Crippen LogP contribution is -2.42. The van der Waals surface area contributed by atoms with E-state index < -0.39 is 0 Å². The maximum atomic E-state index is 12.9. The van der Waals surface area contributed by atoms with Gasteiger partial charge in [-0.05, 0) is 57.5 Å². The number of nitrogens with zero attached hydrogens (tertiary/aromatic N) is 1. The quantitative estimate of drug-likeness (QED) is 0.918. The van der Waals surface area contributed by atoms with Gasteiger partial charge in [-0.1, -0.05) is 12.1 Å². The van der Waals surface area contributed by atoms with Crippen LogP contribution in [0.1, 0.15) is 32.3 Å². The number of benzene rings is 1. The lowest BCUT2D eigenvalue weighted by molar-refractivity contribution is -0.127. The number of carbonyl (C=O) groups is 1. The minimum absolute atomic E-state index is 0.141. The smallest absolute Gasteiger partial charge is 0.223 e. The molecule has 1 N–H and O–H groups in total. The normalized spacial score (nSPS) is 17.4. The van der Waals surface area contributed by atoms with E-state index in [0.717, 1.165) is 38.0 Å². The van der Waals surface area contributed by atoms with Crippen LogP contribution in [0.2, 0.25) is 0 Å². The number of piperidine rings is 1. The Kier molecular flexibility index (Phi) is 5.12. The number of rotatable bonds is 4. The molecule has 3 nitrogen and oxygen atoms in total. The minimum atomic E-state index is -0.196. The van der Waals surface area contributed by atoms with E-state index in [-0.39, 0.29) is 23.7 Å². The number of carbonyl (C=O) groups excluding carboxylic acids is 1. The Morgan fingerprint density at radius 3 is 2.45 bits per heavy atom. The zero-order valence-corrected chi connectivity index (χ0v) is 12.2. The first-order valence-corrected chi connectivity index (χ1v) is 7.32. The van der Waals surface area contributed by atoms with Gasteiger partial charge < -0.3 is 5.32 Å². The lowest BCUT2D eigenvalue weighted by Gasteiger charge is -2.31. The number of amides is 1. The summed E-state index contributed by atoms with van der Waals surface area (Å²) in [5, 5.41) is 2.98. The molecular formula is C16H23FN2O. The van der Waals surface area contributed by atoms with Gasteiger partial charge in [-0.3, -0.25) is 9.69 Å². The average Bonchev–Trinajstić information content (AvgIpc) is 2.41. The molecule has 0 aromatic heterocycles. The molecule has 0 unspecified atom stereocenters. The molecule has 0 bridgehead atoms. The SMILES string of the molecule is CC(C)NC(=O)C1CCN(Cc2ccc(F)cc2)CC1. The first-order valence-electron chi connectivity index (χ1n) is 7.32. The second kappa shape index (κ2) is 6.84. The van der Waals surface area contributed by atoms with Gasteiger partial charge in [0.25, 0.3) is 0 Å². The van der Waals surface area contributed by atoms with E-state index in [1.54, 1.807) is 0 Å². The molecule has 1 aliphatic rings. The summed E-state index contributed by atoms with van der Waals surface area (Å²) >= 11 is 0. The molecule has 1 saturated heterocycles. The molecule has 4 heteroatoms. The van der Waals surface area contributed by atoms with Crippen molar-refractivity contribution < 1.29 is 9.18 Å². The summed E-state index contributed by atoms with van der Waals surface area (Å²) in [5.74, 6) is 0.126. The zero-order chi connectivity index (χ0) is 14.5. The molecule has 1 aliphatic heterocycles. The van der Waals surface area contributed by atoms with Crippen LogP contribution in [0.5, 0.6) is 0 Å². The number of halogens is 1. The fraction of sp³-hybridized carbons (Fsp3) is 0.562. The van der Waals surface area contributed by atoms with Crippen LogP contribution in [0.15, 0.2) is 24.3 Å². The van der Waals surface area contributed by atoms with Gasteiger partial charge in [-0.25, -0.2) is 4.39 Å². The molecule has 1 heterocycles. The highest BCUT2D eigenvalue weighted by Crippen LogP contribution is 2.19. The van der Waals surface area contributed by atoms with Crippen molar-refractivity contribution in [2.75, 3.05) is 13.1 Å². The Bertz CT molecular complexity index is 436. The average molecular weight is 278 g/mol. The van der Waals surface area contributed by atoms with Gasteiger partial charge >= 0.3 is 0 Å². The highest BCUT2D eigenvalue weighted by atomic mass is 19.1. The third-order valence-electron chi connectivity index (χ3n) is 3.71. The number of nitrogens with one attached hydrogen (secondary N) is 1. The summed E-state index contributed by atoms with van der Waals surface area (Å²) in [7, 11) is 0. The summed E-state index contributed by atoms with van der Waals surface area (Å²) in [6.07, 6.45) is 1.81. The van der Waals surface area contributed by atoms with Gasteiger partial charge in [-0.15, -0.1) is 0 Å². The molecular weight excluding hydrogens is 255 g/mol. The largest absolute Gasteiger partial charge is 0.354 e. The van der Waals surface area contributed by atoms with Crippen LogP contribution in [0, 0.1) is 11.7 Å². The fourth-order valence-corrected chi connectivity index (χ4v) is 2.60. The molecule has 1 amide bonds. The third-order valence-corrected chi connectivity index (χ3v) is 3.71. The van der Waals surface area contributed by atoms with Crippen molar-refractivity contribution in [2.24, 2.45) is 5.92 Å². The molecule has 0 aliphatic carbocycles. The third kappa shape index (κ3) is 4.30. The molecule has 20 heavy (non-hydrogen) atoms. The van der Waals surface area contributed by atoms with Crippen LogP contribution in [0.4, 0.5) is 4.39 Å². The lowest BCUT2D eigenvalue weighted by atomic mass is 9.95. The van der Waals surface area contributed by atoms with Crippen molar-refractivity contribution in [3.05, 3.63) is 35.6 Å². The maximum Gasteiger partial charge on any atom is 0.223 e. The molecule has 0 atom stereocenters. The Morgan fingerprint density at radius 1 is 1.30 bits per heavy atom. The van der Waals surface area contributed by atoms with Crippen molar-refractivity contribution in [1.82, 2.24) is 10.2 Å². The van der Waals surface area contributed by atoms with Crippen LogP contribution in [-0.4, -0.2) is 29.9 Å². The van der Waals surface area contributed by atoms with E-state index in [2.05, 4.69) is 10.2 Å². The molecule has 110 valence electrons. The summed E-state index contributed by atoms with van der Waals surface area (Å²) in [6.45, 7) is 6.66. The maximum absolute atomic E-state index is 12.9. The highest BCUT2D eigenvalue weighted by Gasteiger charge is 2.25. The predicted octanol–water partition coefficient (Wildman–Crippen LogP) is 2.56. The van der Waals surface area contributed by atoms with Gasteiger partial charge in [-0.2, -0.15) is 0 Å². The molecule has 0 spiro atoms. The van der Waals surface area contributed by atoms with Crippen LogP contribution in [-0.2, 0) is 11.3 Å². The molecule has 1 aromatic carbocycles. The van der Waals surface area contributed by atoms with Crippen LogP contribution >= 0.6 is 0 Å². The van der Waals surface area contributed by atoms with E-state index in [4.69, 9.17) is 0 Å². The summed E-state index contributed by atoms with van der Waals surface area (Å²) in [6, 6.07) is 6.86.